The lowest BCUT2D eigenvalue weighted by molar-refractivity contribution is -0.137. The minimum absolute atomic E-state index is 0.0646. The summed E-state index contributed by atoms with van der Waals surface area (Å²) < 4.78 is 87.0. The van der Waals surface area contributed by atoms with Gasteiger partial charge < -0.3 is 18.9 Å². The second kappa shape index (κ2) is 14.5. The van der Waals surface area contributed by atoms with E-state index in [1.807, 2.05) is 11.6 Å². The second-order valence-electron chi connectivity index (χ2n) is 8.14. The van der Waals surface area contributed by atoms with Gasteiger partial charge in [0.25, 0.3) is 5.91 Å². The van der Waals surface area contributed by atoms with Crippen molar-refractivity contribution in [1.82, 2.24) is 9.71 Å². The van der Waals surface area contributed by atoms with E-state index < -0.39 is 38.8 Å². The minimum atomic E-state index is -4.65. The van der Waals surface area contributed by atoms with Gasteiger partial charge in [-0.15, -0.1) is 0 Å². The first-order chi connectivity index (χ1) is 17.9. The molecule has 14 heteroatoms. The molecule has 0 fully saturated rings. The Morgan fingerprint density at radius 1 is 1.16 bits per heavy atom. The predicted octanol–water partition coefficient (Wildman–Crippen LogP) is 4.77. The van der Waals surface area contributed by atoms with Crippen LogP contribution in [0, 0.1) is 0 Å². The number of ether oxygens (including phenoxy) is 4. The van der Waals surface area contributed by atoms with Crippen LogP contribution in [0.3, 0.4) is 0 Å². The number of pyridine rings is 1. The fraction of sp³-hybridized carbons (Fsp3) is 0.500. The van der Waals surface area contributed by atoms with Crippen LogP contribution in [0.2, 0.25) is 5.02 Å². The van der Waals surface area contributed by atoms with Gasteiger partial charge in [0.1, 0.15) is 29.2 Å². The Kier molecular flexibility index (Phi) is 12.1. The number of benzene rings is 1. The molecule has 0 spiro atoms. The molecular formula is C24H30ClF3N2O7S. The van der Waals surface area contributed by atoms with E-state index in [9.17, 15) is 26.4 Å². The molecule has 1 unspecified atom stereocenters. The Morgan fingerprint density at radius 3 is 2.50 bits per heavy atom. The van der Waals surface area contributed by atoms with Crippen molar-refractivity contribution in [3.8, 4) is 17.4 Å². The number of sulfonamides is 1. The zero-order valence-corrected chi connectivity index (χ0v) is 22.7. The van der Waals surface area contributed by atoms with Crippen molar-refractivity contribution in [3.63, 3.8) is 0 Å². The number of amides is 1. The Labute approximate surface area is 224 Å². The van der Waals surface area contributed by atoms with Crippen LogP contribution in [0.1, 0.15) is 37.3 Å². The van der Waals surface area contributed by atoms with E-state index in [1.54, 1.807) is 12.1 Å². The van der Waals surface area contributed by atoms with Gasteiger partial charge in [-0.1, -0.05) is 37.4 Å². The molecule has 1 aromatic carbocycles. The van der Waals surface area contributed by atoms with Gasteiger partial charge in [0.2, 0.25) is 15.9 Å². The number of aromatic nitrogens is 1. The summed E-state index contributed by atoms with van der Waals surface area (Å²) in [5, 5.41) is -0.393. The largest absolute Gasteiger partial charge is 0.491 e. The maximum Gasteiger partial charge on any atom is 0.417 e. The van der Waals surface area contributed by atoms with Crippen LogP contribution in [-0.4, -0.2) is 58.6 Å². The lowest BCUT2D eigenvalue weighted by Gasteiger charge is -2.19. The zero-order chi connectivity index (χ0) is 28.3. The highest BCUT2D eigenvalue weighted by Gasteiger charge is 2.32. The average molecular weight is 583 g/mol. The van der Waals surface area contributed by atoms with Gasteiger partial charge in [0, 0.05) is 32.9 Å². The fourth-order valence-electron chi connectivity index (χ4n) is 3.19. The molecule has 38 heavy (non-hydrogen) atoms. The lowest BCUT2D eigenvalue weighted by atomic mass is 10.1. The van der Waals surface area contributed by atoms with Crippen LogP contribution in [0.15, 0.2) is 30.5 Å². The van der Waals surface area contributed by atoms with Gasteiger partial charge in [-0.3, -0.25) is 9.52 Å². The van der Waals surface area contributed by atoms with E-state index in [4.69, 9.17) is 30.5 Å². The first kappa shape index (κ1) is 31.6. The maximum atomic E-state index is 13.0. The number of alkyl halides is 3. The number of carbonyl (C=O) groups excluding carboxylic acids is 1. The average Bonchev–Trinajstić information content (AvgIpc) is 2.84. The Morgan fingerprint density at radius 2 is 1.89 bits per heavy atom. The van der Waals surface area contributed by atoms with Gasteiger partial charge in [-0.05, 0) is 24.1 Å². The highest BCUT2D eigenvalue weighted by atomic mass is 35.5. The van der Waals surface area contributed by atoms with Gasteiger partial charge in [-0.2, -0.15) is 13.2 Å². The van der Waals surface area contributed by atoms with Gasteiger partial charge in [-0.25, -0.2) is 13.4 Å². The molecule has 2 aromatic rings. The molecule has 0 saturated heterocycles. The van der Waals surface area contributed by atoms with E-state index in [0.29, 0.717) is 43.0 Å². The zero-order valence-electron chi connectivity index (χ0n) is 21.1. The predicted molar refractivity (Wildman–Crippen MR) is 134 cm³/mol. The lowest BCUT2D eigenvalue weighted by Crippen LogP contribution is -2.41. The Hall–Kier alpha value is -2.61. The summed E-state index contributed by atoms with van der Waals surface area (Å²) in [6, 6.07) is 5.24. The molecule has 0 radical (unpaired) electrons. The first-order valence-corrected chi connectivity index (χ1v) is 13.7. The number of hydrogen-bond donors (Lipinski definition) is 1. The molecule has 0 aliphatic carbocycles. The fourth-order valence-corrected chi connectivity index (χ4v) is 4.51. The SMILES string of the molecule is CCCCCS(=O)(=O)NC(=O)C(Cc1ccc(OCCOC)cc1Oc1ncc(C(F)(F)F)cc1Cl)OC. The van der Waals surface area contributed by atoms with E-state index in [-0.39, 0.29) is 30.4 Å². The van der Waals surface area contributed by atoms with Crippen LogP contribution in [0.5, 0.6) is 17.4 Å². The molecule has 1 N–H and O–H groups in total. The number of unbranched alkanes of at least 4 members (excludes halogenated alkanes) is 2. The number of nitrogens with zero attached hydrogens (tertiary/aromatic N) is 1. The molecule has 0 saturated carbocycles. The van der Waals surface area contributed by atoms with Crippen molar-refractivity contribution in [1.29, 1.82) is 0 Å². The third-order valence-corrected chi connectivity index (χ3v) is 6.80. The van der Waals surface area contributed by atoms with E-state index in [0.717, 1.165) is 6.42 Å². The molecule has 0 bridgehead atoms. The normalized spacial score (nSPS) is 12.7. The third kappa shape index (κ3) is 9.93. The minimum Gasteiger partial charge on any atom is -0.491 e. The van der Waals surface area contributed by atoms with Gasteiger partial charge in [0.15, 0.2) is 0 Å². The molecule has 9 nitrogen and oxygen atoms in total. The van der Waals surface area contributed by atoms with Crippen LogP contribution in [0.25, 0.3) is 0 Å². The Balaban J connectivity index is 2.31. The van der Waals surface area contributed by atoms with E-state index in [2.05, 4.69) is 4.98 Å². The molecule has 1 amide bonds. The number of methoxy groups -OCH3 is 2. The summed E-state index contributed by atoms with van der Waals surface area (Å²) in [5.41, 5.74) is -0.699. The topological polar surface area (TPSA) is 113 Å². The highest BCUT2D eigenvalue weighted by molar-refractivity contribution is 7.90. The van der Waals surface area contributed by atoms with E-state index in [1.165, 1.54) is 20.3 Å². The number of rotatable bonds is 15. The van der Waals surface area contributed by atoms with E-state index >= 15 is 0 Å². The second-order valence-corrected chi connectivity index (χ2v) is 10.4. The summed E-state index contributed by atoms with van der Waals surface area (Å²) in [4.78, 5) is 16.4. The van der Waals surface area contributed by atoms with Crippen LogP contribution in [-0.2, 0) is 36.9 Å². The quantitative estimate of drug-likeness (QED) is 0.299. The van der Waals surface area contributed by atoms with Crippen LogP contribution in [0.4, 0.5) is 13.2 Å². The number of nitrogens with one attached hydrogen (secondary N) is 1. The standard InChI is InChI=1S/C24H30ClF3N2O7S/c1-4-5-6-11-38(32,33)30-22(31)21(35-3)12-16-7-8-18(36-10-9-34-2)14-20(16)37-23-19(25)13-17(15-29-23)24(26,27)28/h7-8,13-15,21H,4-6,9-12H2,1-3H3,(H,30,31). The van der Waals surface area contributed by atoms with Crippen molar-refractivity contribution < 1.29 is 45.3 Å². The molecule has 0 aliphatic rings. The van der Waals surface area contributed by atoms with Crippen molar-refractivity contribution in [2.75, 3.05) is 33.2 Å². The maximum absolute atomic E-state index is 13.0. The number of hydrogen-bond acceptors (Lipinski definition) is 8. The summed E-state index contributed by atoms with van der Waals surface area (Å²) in [6.45, 7) is 2.42. The van der Waals surface area contributed by atoms with Crippen LogP contribution < -0.4 is 14.2 Å². The van der Waals surface area contributed by atoms with Crippen molar-refractivity contribution in [2.45, 2.75) is 44.9 Å². The third-order valence-electron chi connectivity index (χ3n) is 5.19. The van der Waals surface area contributed by atoms with Crippen LogP contribution >= 0.6 is 11.6 Å². The van der Waals surface area contributed by atoms with Gasteiger partial charge >= 0.3 is 6.18 Å². The van der Waals surface area contributed by atoms with Crippen molar-refractivity contribution >= 4 is 27.5 Å². The number of halogens is 4. The number of carbonyl (C=O) groups is 1. The Bertz CT molecular complexity index is 1180. The molecule has 1 atom stereocenters. The molecule has 212 valence electrons. The summed E-state index contributed by atoms with van der Waals surface area (Å²) in [5.74, 6) is -0.994. The molecule has 0 aliphatic heterocycles. The summed E-state index contributed by atoms with van der Waals surface area (Å²) >= 11 is 6.00. The molecular weight excluding hydrogens is 553 g/mol. The molecule has 1 aromatic heterocycles. The first-order valence-electron chi connectivity index (χ1n) is 11.6. The molecule has 2 rings (SSSR count). The monoisotopic (exact) mass is 582 g/mol. The van der Waals surface area contributed by atoms with Gasteiger partial charge in [0.05, 0.1) is 17.9 Å². The smallest absolute Gasteiger partial charge is 0.417 e. The van der Waals surface area contributed by atoms with Crippen molar-refractivity contribution in [3.05, 3.63) is 46.6 Å². The summed E-state index contributed by atoms with van der Waals surface area (Å²) in [6.07, 6.45) is -3.52. The highest BCUT2D eigenvalue weighted by Crippen LogP contribution is 2.36. The summed E-state index contributed by atoms with van der Waals surface area (Å²) in [7, 11) is -1.12. The van der Waals surface area contributed by atoms with Crippen molar-refractivity contribution in [2.24, 2.45) is 0 Å². The molecule has 1 heterocycles.